The summed E-state index contributed by atoms with van der Waals surface area (Å²) in [5, 5.41) is 21.6. The van der Waals surface area contributed by atoms with E-state index in [1.165, 1.54) is 6.07 Å². The van der Waals surface area contributed by atoms with Crippen LogP contribution < -0.4 is 5.43 Å². The molecule has 26 heavy (non-hydrogen) atoms. The molecule has 0 aromatic heterocycles. The molecule has 2 atom stereocenters. The van der Waals surface area contributed by atoms with E-state index in [0.29, 0.717) is 19.3 Å². The van der Waals surface area contributed by atoms with Crippen LogP contribution in [0.1, 0.15) is 36.0 Å². The van der Waals surface area contributed by atoms with Gasteiger partial charge in [0.25, 0.3) is 17.3 Å². The average molecular weight is 371 g/mol. The Morgan fingerprint density at radius 3 is 2.77 bits per heavy atom. The number of hydrogen-bond acceptors (Lipinski definition) is 5. The number of nitro benzene ring substituents is 1. The molecule has 1 fully saturated rings. The minimum absolute atomic E-state index is 0.0631. The van der Waals surface area contributed by atoms with Crippen LogP contribution in [0.2, 0.25) is 0 Å². The third kappa shape index (κ3) is 2.79. The van der Waals surface area contributed by atoms with Gasteiger partial charge in [-0.05, 0) is 25.3 Å². The molecule has 1 saturated heterocycles. The van der Waals surface area contributed by atoms with E-state index < -0.39 is 34.3 Å². The first-order chi connectivity index (χ1) is 12.2. The molecule has 1 aliphatic heterocycles. The third-order valence-electron chi connectivity index (χ3n) is 4.68. The number of alkyl halides is 3. The highest BCUT2D eigenvalue weighted by atomic mass is 19.4. The van der Waals surface area contributed by atoms with E-state index in [4.69, 9.17) is 0 Å². The molecule has 1 aromatic carbocycles. The van der Waals surface area contributed by atoms with E-state index in [1.54, 1.807) is 6.08 Å². The van der Waals surface area contributed by atoms with Gasteiger partial charge < -0.3 is 5.11 Å². The number of non-ortho nitro benzene ring substituents is 1. The third-order valence-corrected chi connectivity index (χ3v) is 4.68. The lowest BCUT2D eigenvalue weighted by molar-refractivity contribution is -0.384. The van der Waals surface area contributed by atoms with Gasteiger partial charge in [0, 0.05) is 23.4 Å². The van der Waals surface area contributed by atoms with Crippen LogP contribution in [0.4, 0.5) is 18.9 Å². The Kier molecular flexibility index (Phi) is 4.39. The maximum absolute atomic E-state index is 13.8. The lowest BCUT2D eigenvalue weighted by Crippen LogP contribution is -2.62. The van der Waals surface area contributed by atoms with Gasteiger partial charge >= 0.3 is 6.18 Å². The number of benzene rings is 1. The lowest BCUT2D eigenvalue weighted by Gasteiger charge is -2.36. The number of rotatable bonds is 2. The highest BCUT2D eigenvalue weighted by Crippen LogP contribution is 2.48. The summed E-state index contributed by atoms with van der Waals surface area (Å²) in [6.45, 7) is 0. The molecule has 140 valence electrons. The van der Waals surface area contributed by atoms with Gasteiger partial charge in [0.2, 0.25) is 0 Å². The fourth-order valence-corrected chi connectivity index (χ4v) is 3.37. The van der Waals surface area contributed by atoms with Crippen LogP contribution in [0.15, 0.2) is 36.0 Å². The van der Waals surface area contributed by atoms with E-state index >= 15 is 0 Å². The van der Waals surface area contributed by atoms with Gasteiger partial charge in [0.15, 0.2) is 0 Å². The van der Waals surface area contributed by atoms with Crippen LogP contribution in [0.25, 0.3) is 0 Å². The average Bonchev–Trinajstić information content (AvgIpc) is 2.74. The molecule has 2 N–H and O–H groups in total. The summed E-state index contributed by atoms with van der Waals surface area (Å²) in [6.07, 6.45) is -1.80. The summed E-state index contributed by atoms with van der Waals surface area (Å²) in [7, 11) is 0. The molecule has 0 bridgehead atoms. The van der Waals surface area contributed by atoms with Gasteiger partial charge in [-0.3, -0.25) is 20.3 Å². The second-order valence-electron chi connectivity index (χ2n) is 6.28. The molecule has 10 heteroatoms. The smallest absolute Gasteiger partial charge is 0.362 e. The number of carbonyl (C=O) groups is 1. The molecule has 0 radical (unpaired) electrons. The first kappa shape index (κ1) is 18.2. The normalized spacial score (nSPS) is 25.8. The van der Waals surface area contributed by atoms with Crippen molar-refractivity contribution in [2.45, 2.75) is 37.6 Å². The number of halogens is 3. The van der Waals surface area contributed by atoms with E-state index in [9.17, 15) is 33.2 Å². The molecule has 1 heterocycles. The minimum Gasteiger partial charge on any atom is -0.362 e. The number of nitro groups is 1. The maximum atomic E-state index is 13.8. The number of hydrazine groups is 1. The number of fused-ring (bicyclic) bond motifs is 1. The molecule has 0 spiro atoms. The Morgan fingerprint density at radius 2 is 2.12 bits per heavy atom. The summed E-state index contributed by atoms with van der Waals surface area (Å²) in [4.78, 5) is 22.8. The summed E-state index contributed by atoms with van der Waals surface area (Å²) in [5.74, 6) is -2.52. The van der Waals surface area contributed by atoms with Crippen LogP contribution in [-0.4, -0.2) is 32.8 Å². The zero-order valence-corrected chi connectivity index (χ0v) is 13.5. The minimum atomic E-state index is -5.11. The second-order valence-corrected chi connectivity index (χ2v) is 6.28. The SMILES string of the molecule is O=C(c1cccc([N+](=O)[O-])c1)N1NC2=CCCCC[C@@H]2[C@]1(O)C(F)(F)F. The number of allylic oxidation sites excluding steroid dienone is 1. The van der Waals surface area contributed by atoms with Crippen molar-refractivity contribution in [2.24, 2.45) is 5.92 Å². The van der Waals surface area contributed by atoms with Crippen molar-refractivity contribution in [3.8, 4) is 0 Å². The molecule has 1 aliphatic carbocycles. The quantitative estimate of drug-likeness (QED) is 0.616. The highest BCUT2D eigenvalue weighted by molar-refractivity contribution is 5.95. The first-order valence-corrected chi connectivity index (χ1v) is 8.01. The number of hydrogen-bond donors (Lipinski definition) is 2. The number of carbonyl (C=O) groups excluding carboxylic acids is 1. The Bertz CT molecular complexity index is 780. The van der Waals surface area contributed by atoms with Crippen molar-refractivity contribution in [3.05, 3.63) is 51.7 Å². The van der Waals surface area contributed by atoms with Crippen molar-refractivity contribution in [2.75, 3.05) is 0 Å². The van der Waals surface area contributed by atoms with Crippen molar-refractivity contribution >= 4 is 11.6 Å². The Morgan fingerprint density at radius 1 is 1.38 bits per heavy atom. The van der Waals surface area contributed by atoms with E-state index in [0.717, 1.165) is 18.2 Å². The van der Waals surface area contributed by atoms with Crippen molar-refractivity contribution in [1.29, 1.82) is 0 Å². The summed E-state index contributed by atoms with van der Waals surface area (Å²) >= 11 is 0. The van der Waals surface area contributed by atoms with Crippen LogP contribution >= 0.6 is 0 Å². The lowest BCUT2D eigenvalue weighted by atomic mass is 9.89. The summed E-state index contributed by atoms with van der Waals surface area (Å²) in [5.41, 5.74) is -1.66. The monoisotopic (exact) mass is 371 g/mol. The van der Waals surface area contributed by atoms with Gasteiger partial charge in [-0.25, -0.2) is 5.01 Å². The number of aliphatic hydroxyl groups is 1. The van der Waals surface area contributed by atoms with Crippen LogP contribution in [0.3, 0.4) is 0 Å². The highest BCUT2D eigenvalue weighted by Gasteiger charge is 2.68. The zero-order chi connectivity index (χ0) is 19.1. The Hall–Kier alpha value is -2.62. The van der Waals surface area contributed by atoms with E-state index in [1.807, 2.05) is 0 Å². The standard InChI is InChI=1S/C16H16F3N3O4/c17-16(18,19)15(24)12-7-2-1-3-8-13(12)20-21(15)14(23)10-5-4-6-11(9-10)22(25)26/h4-6,8-9,12,20,24H,1-3,7H2/t12-,15-/m0/s1. The predicted molar refractivity (Wildman–Crippen MR) is 83.4 cm³/mol. The predicted octanol–water partition coefficient (Wildman–Crippen LogP) is 2.88. The number of amides is 1. The summed E-state index contributed by atoms with van der Waals surface area (Å²) in [6, 6.07) is 4.36. The second kappa shape index (κ2) is 6.27. The summed E-state index contributed by atoms with van der Waals surface area (Å²) < 4.78 is 41.3. The fraction of sp³-hybridized carbons (Fsp3) is 0.438. The van der Waals surface area contributed by atoms with E-state index in [-0.39, 0.29) is 22.7 Å². The van der Waals surface area contributed by atoms with Crippen molar-refractivity contribution in [1.82, 2.24) is 10.4 Å². The molecule has 1 amide bonds. The molecule has 0 unspecified atom stereocenters. The van der Waals surface area contributed by atoms with Crippen molar-refractivity contribution in [3.63, 3.8) is 0 Å². The molecule has 2 aliphatic rings. The van der Waals surface area contributed by atoms with Gasteiger partial charge in [-0.2, -0.15) is 13.2 Å². The molecule has 7 nitrogen and oxygen atoms in total. The van der Waals surface area contributed by atoms with Gasteiger partial charge in [0.05, 0.1) is 10.8 Å². The number of nitrogens with zero attached hydrogens (tertiary/aromatic N) is 2. The van der Waals surface area contributed by atoms with Crippen LogP contribution in [0, 0.1) is 16.0 Å². The molecule has 1 aromatic rings. The van der Waals surface area contributed by atoms with Crippen LogP contribution in [-0.2, 0) is 0 Å². The molecule has 3 rings (SSSR count). The first-order valence-electron chi connectivity index (χ1n) is 8.01. The fourth-order valence-electron chi connectivity index (χ4n) is 3.37. The molecular weight excluding hydrogens is 355 g/mol. The largest absolute Gasteiger partial charge is 0.439 e. The molecule has 0 saturated carbocycles. The van der Waals surface area contributed by atoms with E-state index in [2.05, 4.69) is 5.43 Å². The Balaban J connectivity index is 2.04. The van der Waals surface area contributed by atoms with Gasteiger partial charge in [0.1, 0.15) is 0 Å². The maximum Gasteiger partial charge on any atom is 0.439 e. The topological polar surface area (TPSA) is 95.7 Å². The zero-order valence-electron chi connectivity index (χ0n) is 13.5. The van der Waals surface area contributed by atoms with Crippen LogP contribution in [0.5, 0.6) is 0 Å². The number of nitrogens with one attached hydrogen (secondary N) is 1. The molecular formula is C16H16F3N3O4. The van der Waals surface area contributed by atoms with Gasteiger partial charge in [-0.15, -0.1) is 0 Å². The van der Waals surface area contributed by atoms with Gasteiger partial charge in [-0.1, -0.05) is 18.6 Å². The van der Waals surface area contributed by atoms with Crippen molar-refractivity contribution < 1.29 is 28.0 Å². The Labute approximate surface area is 146 Å².